The van der Waals surface area contributed by atoms with E-state index in [0.29, 0.717) is 28.6 Å². The monoisotopic (exact) mass is 428 g/mol. The van der Waals surface area contributed by atoms with Gasteiger partial charge in [0.05, 0.1) is 18.5 Å². The molecule has 0 aromatic carbocycles. The zero-order valence-electron chi connectivity index (χ0n) is 16.9. The molecular weight excluding hydrogens is 404 g/mol. The number of halogens is 1. The van der Waals surface area contributed by atoms with Gasteiger partial charge in [0.1, 0.15) is 17.3 Å². The van der Waals surface area contributed by atoms with E-state index < -0.39 is 0 Å². The lowest BCUT2D eigenvalue weighted by molar-refractivity contribution is -0.132. The number of carbonyl (C=O) groups is 1. The van der Waals surface area contributed by atoms with Crippen molar-refractivity contribution in [3.63, 3.8) is 0 Å². The number of aromatic nitrogens is 4. The van der Waals surface area contributed by atoms with E-state index in [0.717, 1.165) is 45.2 Å². The molecule has 1 unspecified atom stereocenters. The van der Waals surface area contributed by atoms with Crippen LogP contribution in [0.3, 0.4) is 0 Å². The van der Waals surface area contributed by atoms with Crippen LogP contribution in [0.2, 0.25) is 5.02 Å². The fourth-order valence-electron chi connectivity index (χ4n) is 4.60. The van der Waals surface area contributed by atoms with Gasteiger partial charge < -0.3 is 15.1 Å². The fourth-order valence-corrected chi connectivity index (χ4v) is 4.74. The number of carbonyl (C=O) groups excluding carboxylic acids is 1. The van der Waals surface area contributed by atoms with Crippen LogP contribution < -0.4 is 10.2 Å². The average molecular weight is 429 g/mol. The van der Waals surface area contributed by atoms with Crippen molar-refractivity contribution in [1.29, 1.82) is 5.26 Å². The van der Waals surface area contributed by atoms with Gasteiger partial charge in [0.2, 0.25) is 11.9 Å². The number of nitriles is 1. The summed E-state index contributed by atoms with van der Waals surface area (Å²) in [6.07, 6.45) is 8.48. The fraction of sp³-hybridized carbons (Fsp3) is 0.550. The lowest BCUT2D eigenvalue weighted by Crippen LogP contribution is -2.43. The van der Waals surface area contributed by atoms with Gasteiger partial charge in [0.25, 0.3) is 0 Å². The maximum Gasteiger partial charge on any atom is 0.236 e. The van der Waals surface area contributed by atoms with E-state index in [2.05, 4.69) is 30.4 Å². The number of nitrogens with zero attached hydrogens (tertiary/aromatic N) is 6. The summed E-state index contributed by atoms with van der Waals surface area (Å²) in [7, 11) is 2.03. The predicted molar refractivity (Wildman–Crippen MR) is 113 cm³/mol. The Morgan fingerprint density at radius 3 is 2.97 bits per heavy atom. The van der Waals surface area contributed by atoms with Gasteiger partial charge in [0, 0.05) is 32.2 Å². The van der Waals surface area contributed by atoms with Crippen molar-refractivity contribution < 1.29 is 4.79 Å². The summed E-state index contributed by atoms with van der Waals surface area (Å²) in [6.45, 7) is 1.49. The Labute approximate surface area is 180 Å². The molecule has 1 spiro atoms. The Morgan fingerprint density at radius 2 is 2.27 bits per heavy atom. The number of likely N-dealkylation sites (tertiary alicyclic amines) is 1. The smallest absolute Gasteiger partial charge is 0.236 e. The molecule has 158 valence electrons. The molecule has 2 aromatic rings. The normalized spacial score (nSPS) is 20.2. The van der Waals surface area contributed by atoms with Crippen molar-refractivity contribution in [3.8, 4) is 6.07 Å². The molecule has 9 nitrogen and oxygen atoms in total. The Bertz CT molecular complexity index is 933. The third kappa shape index (κ3) is 4.19. The van der Waals surface area contributed by atoms with Crippen molar-refractivity contribution in [1.82, 2.24) is 25.1 Å². The molecule has 2 fully saturated rings. The van der Waals surface area contributed by atoms with Gasteiger partial charge in [0.15, 0.2) is 5.82 Å². The van der Waals surface area contributed by atoms with Crippen molar-refractivity contribution in [2.45, 2.75) is 44.6 Å². The van der Waals surface area contributed by atoms with Gasteiger partial charge in [-0.25, -0.2) is 4.98 Å². The molecule has 1 saturated heterocycles. The van der Waals surface area contributed by atoms with Gasteiger partial charge in [-0.05, 0) is 37.5 Å². The first-order valence-electron chi connectivity index (χ1n) is 10.2. The first-order chi connectivity index (χ1) is 14.5. The second-order valence-electron chi connectivity index (χ2n) is 8.19. The minimum absolute atomic E-state index is 0.0266. The number of amides is 1. The number of H-pyrrole nitrogens is 1. The highest BCUT2D eigenvalue weighted by molar-refractivity contribution is 6.32. The van der Waals surface area contributed by atoms with Crippen LogP contribution in [0.25, 0.3) is 0 Å². The quantitative estimate of drug-likeness (QED) is 0.751. The zero-order valence-corrected chi connectivity index (χ0v) is 17.7. The molecule has 1 amide bonds. The molecule has 2 N–H and O–H groups in total. The molecule has 2 aromatic heterocycles. The van der Waals surface area contributed by atoms with Crippen LogP contribution in [0.4, 0.5) is 17.6 Å². The third-order valence-electron chi connectivity index (χ3n) is 6.43. The first kappa shape index (κ1) is 20.4. The largest absolute Gasteiger partial charge is 0.342 e. The van der Waals surface area contributed by atoms with Gasteiger partial charge >= 0.3 is 0 Å². The lowest BCUT2D eigenvalue weighted by Gasteiger charge is -2.40. The van der Waals surface area contributed by atoms with Gasteiger partial charge in [-0.15, -0.1) is 0 Å². The van der Waals surface area contributed by atoms with E-state index >= 15 is 0 Å². The topological polar surface area (TPSA) is 114 Å². The molecule has 0 bridgehead atoms. The SMILES string of the molecule is CN(c1ncc(Cl)c(Nc2ccn[nH]2)n1)C1CCC2(CCN(C(=O)CC#N)CC2)C1. The average Bonchev–Trinajstić information content (AvgIpc) is 3.40. The van der Waals surface area contributed by atoms with Crippen molar-refractivity contribution in [2.75, 3.05) is 30.4 Å². The van der Waals surface area contributed by atoms with Crippen LogP contribution in [-0.2, 0) is 4.79 Å². The lowest BCUT2D eigenvalue weighted by atomic mass is 9.76. The molecule has 1 atom stereocenters. The van der Waals surface area contributed by atoms with Crippen LogP contribution in [0, 0.1) is 16.7 Å². The van der Waals surface area contributed by atoms with Crippen LogP contribution >= 0.6 is 11.6 Å². The summed E-state index contributed by atoms with van der Waals surface area (Å²) in [4.78, 5) is 25.0. The van der Waals surface area contributed by atoms with Crippen LogP contribution in [-0.4, -0.2) is 57.2 Å². The second-order valence-corrected chi connectivity index (χ2v) is 8.59. The summed E-state index contributed by atoms with van der Waals surface area (Å²) in [5, 5.41) is 19.1. The Balaban J connectivity index is 1.40. The number of hydrogen-bond acceptors (Lipinski definition) is 7. The standard InChI is InChI=1S/C20H25ClN8O/c1-28(19-23-13-15(21)18(26-19)25-16-4-9-24-27-16)14-2-5-20(12-14)6-10-29(11-7-20)17(30)3-8-22/h4,9,13-14H,2-3,5-7,10-12H2,1H3,(H2,23,24,25,26,27). The minimum Gasteiger partial charge on any atom is -0.342 e. The predicted octanol–water partition coefficient (Wildman–Crippen LogP) is 3.11. The Morgan fingerprint density at radius 1 is 1.47 bits per heavy atom. The summed E-state index contributed by atoms with van der Waals surface area (Å²) in [6, 6.07) is 4.10. The van der Waals surface area contributed by atoms with Crippen LogP contribution in [0.5, 0.6) is 0 Å². The summed E-state index contributed by atoms with van der Waals surface area (Å²) >= 11 is 6.26. The summed E-state index contributed by atoms with van der Waals surface area (Å²) in [5.41, 5.74) is 0.256. The van der Waals surface area contributed by atoms with E-state index in [4.69, 9.17) is 16.9 Å². The maximum absolute atomic E-state index is 12.0. The van der Waals surface area contributed by atoms with Gasteiger partial charge in [-0.3, -0.25) is 9.89 Å². The maximum atomic E-state index is 12.0. The van der Waals surface area contributed by atoms with E-state index in [1.165, 1.54) is 0 Å². The number of rotatable bonds is 5. The molecule has 0 radical (unpaired) electrons. The molecular formula is C20H25ClN8O. The van der Waals surface area contributed by atoms with Gasteiger partial charge in [-0.1, -0.05) is 11.6 Å². The molecule has 1 aliphatic carbocycles. The number of hydrogen-bond donors (Lipinski definition) is 2. The highest BCUT2D eigenvalue weighted by Gasteiger charge is 2.43. The summed E-state index contributed by atoms with van der Waals surface area (Å²) in [5.74, 6) is 1.83. The van der Waals surface area contributed by atoms with E-state index in [-0.39, 0.29) is 17.7 Å². The minimum atomic E-state index is -0.0501. The van der Waals surface area contributed by atoms with Crippen molar-refractivity contribution in [2.24, 2.45) is 5.41 Å². The highest BCUT2D eigenvalue weighted by atomic mass is 35.5. The molecule has 1 aliphatic heterocycles. The molecule has 2 aliphatic rings. The number of aromatic amines is 1. The number of nitrogens with one attached hydrogen (secondary N) is 2. The molecule has 4 rings (SSSR count). The second kappa shape index (κ2) is 8.48. The van der Waals surface area contributed by atoms with E-state index in [9.17, 15) is 4.79 Å². The Kier molecular flexibility index (Phi) is 5.77. The van der Waals surface area contributed by atoms with Crippen LogP contribution in [0.15, 0.2) is 18.5 Å². The highest BCUT2D eigenvalue weighted by Crippen LogP contribution is 2.48. The molecule has 1 saturated carbocycles. The summed E-state index contributed by atoms with van der Waals surface area (Å²) < 4.78 is 0. The Hall–Kier alpha value is -2.86. The van der Waals surface area contributed by atoms with Crippen molar-refractivity contribution in [3.05, 3.63) is 23.5 Å². The van der Waals surface area contributed by atoms with Crippen LogP contribution in [0.1, 0.15) is 38.5 Å². The molecule has 10 heteroatoms. The number of anilines is 3. The zero-order chi connectivity index (χ0) is 21.1. The van der Waals surface area contributed by atoms with Gasteiger partial charge in [-0.2, -0.15) is 15.3 Å². The third-order valence-corrected chi connectivity index (χ3v) is 6.71. The van der Waals surface area contributed by atoms with E-state index in [1.807, 2.05) is 18.0 Å². The molecule has 30 heavy (non-hydrogen) atoms. The van der Waals surface area contributed by atoms with Crippen molar-refractivity contribution >= 4 is 35.1 Å². The first-order valence-corrected chi connectivity index (χ1v) is 10.5. The molecule has 3 heterocycles. The number of piperidine rings is 1. The van der Waals surface area contributed by atoms with E-state index in [1.54, 1.807) is 18.5 Å².